The van der Waals surface area contributed by atoms with Crippen molar-refractivity contribution in [2.24, 2.45) is 5.92 Å². The average molecular weight is 1100 g/mol. The summed E-state index contributed by atoms with van der Waals surface area (Å²) in [7, 11) is 6.27. The van der Waals surface area contributed by atoms with E-state index in [0.717, 1.165) is 16.0 Å². The summed E-state index contributed by atoms with van der Waals surface area (Å²) in [6.45, 7) is 7.22. The number of phenolic OH excluding ortho intramolecular Hbond substituents is 2. The summed E-state index contributed by atoms with van der Waals surface area (Å²) in [6, 6.07) is 23.2. The molecule has 5 aromatic rings. The predicted molar refractivity (Wildman–Crippen MR) is 293 cm³/mol. The van der Waals surface area contributed by atoms with E-state index in [9.17, 15) is 43.8 Å². The lowest BCUT2D eigenvalue weighted by atomic mass is 9.90. The molecule has 7 atom stereocenters. The SMILES string of the molecule is CC(=O)[C@@H]1CSSC2CNC(C2)C(=O)N[C@@H](CC(C)C)C(=O)N[C@@](C)(Cc2ccc(O)cc2)C(=O)N[C@@H](Cc2cnc[nH]2)C(=O)N[C@@H](Cc2ccc(O)cc2)C(=O)N1.O=C1Cc2ccccc2SSc2ccccc21. The molecule has 17 nitrogen and oxygen atoms in total. The third-order valence-corrected chi connectivity index (χ3v) is 18.1. The summed E-state index contributed by atoms with van der Waals surface area (Å²) in [5, 5.41) is 37.3. The third kappa shape index (κ3) is 16.1. The summed E-state index contributed by atoms with van der Waals surface area (Å²) in [6.07, 6.45) is 3.97. The predicted octanol–water partition coefficient (Wildman–Crippen LogP) is 5.65. The number of Topliss-reactive ketones (excluding diaryl/α,β-unsaturated/α-hetero) is 2. The van der Waals surface area contributed by atoms with E-state index in [4.69, 9.17) is 0 Å². The van der Waals surface area contributed by atoms with Crippen molar-refractivity contribution in [2.45, 2.75) is 117 Å². The molecule has 5 amide bonds. The largest absolute Gasteiger partial charge is 0.508 e. The number of hydrogen-bond acceptors (Lipinski definition) is 15. The van der Waals surface area contributed by atoms with Gasteiger partial charge in [0.2, 0.25) is 29.5 Å². The highest BCUT2D eigenvalue weighted by molar-refractivity contribution is 8.77. The summed E-state index contributed by atoms with van der Waals surface area (Å²) in [5.74, 6) is -2.93. The molecule has 396 valence electrons. The van der Waals surface area contributed by atoms with E-state index in [0.29, 0.717) is 36.2 Å². The number of aromatic nitrogens is 2. The van der Waals surface area contributed by atoms with Gasteiger partial charge in [-0.1, -0.05) is 118 Å². The maximum absolute atomic E-state index is 14.6. The number of carbonyl (C=O) groups is 7. The van der Waals surface area contributed by atoms with Gasteiger partial charge in [-0.2, -0.15) is 0 Å². The number of nitrogens with zero attached hydrogens (tertiary/aromatic N) is 1. The van der Waals surface area contributed by atoms with Crippen molar-refractivity contribution in [1.29, 1.82) is 0 Å². The fourth-order valence-corrected chi connectivity index (χ4v) is 13.9. The van der Waals surface area contributed by atoms with Gasteiger partial charge in [-0.15, -0.1) is 0 Å². The minimum absolute atomic E-state index is 0.00517. The Morgan fingerprint density at radius 2 is 1.36 bits per heavy atom. The maximum atomic E-state index is 14.6. The second-order valence-corrected chi connectivity index (χ2v) is 24.3. The van der Waals surface area contributed by atoms with E-state index in [1.54, 1.807) is 45.9 Å². The van der Waals surface area contributed by atoms with Gasteiger partial charge in [-0.3, -0.25) is 33.6 Å². The van der Waals surface area contributed by atoms with E-state index in [1.807, 2.05) is 56.3 Å². The molecule has 0 spiro atoms. The van der Waals surface area contributed by atoms with E-state index < -0.39 is 59.4 Å². The Kier molecular flexibility index (Phi) is 19.9. The van der Waals surface area contributed by atoms with Crippen molar-refractivity contribution >= 4 is 84.3 Å². The van der Waals surface area contributed by atoms with Crippen molar-refractivity contribution in [2.75, 3.05) is 12.3 Å². The first kappa shape index (κ1) is 56.5. The Morgan fingerprint density at radius 3 is 2.04 bits per heavy atom. The molecular weight excluding hydrogens is 1030 g/mol. The minimum Gasteiger partial charge on any atom is -0.508 e. The number of H-pyrrole nitrogens is 1. The van der Waals surface area contributed by atoms with Gasteiger partial charge in [0, 0.05) is 70.5 Å². The minimum atomic E-state index is -1.71. The fraction of sp³-hybridized carbons (Fsp3) is 0.370. The Hall–Kier alpha value is -6.26. The molecule has 3 aliphatic heterocycles. The first-order valence-electron chi connectivity index (χ1n) is 24.6. The zero-order chi connectivity index (χ0) is 53.6. The molecule has 4 aromatic carbocycles. The van der Waals surface area contributed by atoms with Crippen LogP contribution in [-0.4, -0.2) is 115 Å². The van der Waals surface area contributed by atoms with E-state index in [-0.39, 0.29) is 71.6 Å². The first-order chi connectivity index (χ1) is 35.9. The molecule has 2 saturated heterocycles. The lowest BCUT2D eigenvalue weighted by Gasteiger charge is -2.34. The summed E-state index contributed by atoms with van der Waals surface area (Å²) in [5.41, 5.74) is 1.95. The van der Waals surface area contributed by atoms with Crippen LogP contribution in [0.3, 0.4) is 0 Å². The summed E-state index contributed by atoms with van der Waals surface area (Å²) < 4.78 is 0. The van der Waals surface area contributed by atoms with Crippen LogP contribution < -0.4 is 31.9 Å². The topological polar surface area (TPSA) is 261 Å². The van der Waals surface area contributed by atoms with Gasteiger partial charge in [0.15, 0.2) is 11.6 Å². The Bertz CT molecular complexity index is 2820. The van der Waals surface area contributed by atoms with Crippen LogP contribution in [0.5, 0.6) is 11.5 Å². The highest BCUT2D eigenvalue weighted by Gasteiger charge is 2.41. The van der Waals surface area contributed by atoms with E-state index in [1.165, 1.54) is 77.1 Å². The molecule has 2 unspecified atom stereocenters. The van der Waals surface area contributed by atoms with Crippen LogP contribution in [0.25, 0.3) is 0 Å². The smallest absolute Gasteiger partial charge is 0.246 e. The molecule has 8 rings (SSSR count). The average Bonchev–Trinajstić information content (AvgIpc) is 4.09. The molecule has 9 N–H and O–H groups in total. The number of rotatable bonds is 9. The normalized spacial score (nSPS) is 24.0. The fourth-order valence-electron chi connectivity index (χ4n) is 8.60. The highest BCUT2D eigenvalue weighted by Crippen LogP contribution is 2.42. The van der Waals surface area contributed by atoms with Crippen LogP contribution in [0.4, 0.5) is 0 Å². The van der Waals surface area contributed by atoms with E-state index >= 15 is 0 Å². The molecule has 75 heavy (non-hydrogen) atoms. The monoisotopic (exact) mass is 1090 g/mol. The second-order valence-electron chi connectivity index (χ2n) is 19.3. The third-order valence-electron chi connectivity index (χ3n) is 12.7. The molecule has 2 bridgehead atoms. The number of nitrogens with one attached hydrogen (secondary N) is 7. The van der Waals surface area contributed by atoms with Crippen molar-refractivity contribution in [3.8, 4) is 11.5 Å². The van der Waals surface area contributed by atoms with Gasteiger partial charge in [0.25, 0.3) is 0 Å². The zero-order valence-electron chi connectivity index (χ0n) is 41.9. The van der Waals surface area contributed by atoms with Crippen LogP contribution in [0, 0.1) is 5.92 Å². The number of ketones is 2. The van der Waals surface area contributed by atoms with Crippen molar-refractivity contribution in [1.82, 2.24) is 41.9 Å². The summed E-state index contributed by atoms with van der Waals surface area (Å²) >= 11 is 0. The van der Waals surface area contributed by atoms with Crippen LogP contribution >= 0.6 is 43.2 Å². The molecule has 0 saturated carbocycles. The number of benzene rings is 4. The molecule has 21 heteroatoms. The number of hydrogen-bond donors (Lipinski definition) is 9. The number of amides is 5. The number of aromatic hydroxyl groups is 2. The van der Waals surface area contributed by atoms with Gasteiger partial charge in [0.05, 0.1) is 18.4 Å². The van der Waals surface area contributed by atoms with Crippen LogP contribution in [0.1, 0.15) is 73.3 Å². The molecule has 3 aliphatic rings. The van der Waals surface area contributed by atoms with Gasteiger partial charge in [0.1, 0.15) is 35.2 Å². The molecule has 0 aliphatic carbocycles. The van der Waals surface area contributed by atoms with Crippen molar-refractivity contribution in [3.05, 3.63) is 138 Å². The Labute approximate surface area is 451 Å². The van der Waals surface area contributed by atoms with Crippen LogP contribution in [-0.2, 0) is 54.5 Å². The van der Waals surface area contributed by atoms with E-state index in [2.05, 4.69) is 47.9 Å². The lowest BCUT2D eigenvalue weighted by Crippen LogP contribution is -2.65. The van der Waals surface area contributed by atoms with Gasteiger partial charge < -0.3 is 47.1 Å². The number of fused-ring (bicyclic) bond motifs is 4. The standard InChI is InChI=1S/C40H52N8O8S2.C14H10OS2/c1-22(2)13-31-38(55)48-40(4,17-25-7-11-28(51)12-8-25)39(56)47-33(15-26-18-41-21-43-26)37(54)45-32(14-24-5-9-27(50)10-6-24)36(53)46-34(23(3)49)20-57-58-29-16-30(42-19-29)35(52)44-31;15-12-9-10-5-1-3-7-13(10)16-17-14-8-4-2-6-11(12)14/h5-12,18,21-22,29-34,42,50-51H,13-17,19-20H2,1-4H3,(H,41,43)(H,44,52)(H,45,54)(H,46,53)(H,47,56)(H,48,55);1-8H,9H2/t29?,30?,31-,32-,33-,34-,40-;/m0./s1. The molecule has 1 aromatic heterocycles. The quantitative estimate of drug-likeness (QED) is 0.0809. The van der Waals surface area contributed by atoms with Crippen molar-refractivity contribution in [3.63, 3.8) is 0 Å². The van der Waals surface area contributed by atoms with Crippen molar-refractivity contribution < 1.29 is 43.8 Å². The van der Waals surface area contributed by atoms with Gasteiger partial charge >= 0.3 is 0 Å². The molecule has 2 fully saturated rings. The van der Waals surface area contributed by atoms with Crippen LogP contribution in [0.2, 0.25) is 0 Å². The first-order valence-corrected chi connectivity index (χ1v) is 29.1. The van der Waals surface area contributed by atoms with Gasteiger partial charge in [-0.05, 0) is 85.7 Å². The Balaban J connectivity index is 0.000000402. The van der Waals surface area contributed by atoms with Gasteiger partial charge in [-0.25, -0.2) is 4.98 Å². The lowest BCUT2D eigenvalue weighted by molar-refractivity contribution is -0.137. The number of imidazole rings is 1. The number of carbonyl (C=O) groups excluding carboxylic acids is 7. The maximum Gasteiger partial charge on any atom is 0.246 e. The summed E-state index contributed by atoms with van der Waals surface area (Å²) in [4.78, 5) is 105. The zero-order valence-corrected chi connectivity index (χ0v) is 45.2. The molecular formula is C54H62N8O9S4. The number of phenols is 2. The highest BCUT2D eigenvalue weighted by atomic mass is 33.1. The molecule has 0 radical (unpaired) electrons. The number of aromatic amines is 1. The Morgan fingerprint density at radius 1 is 0.733 bits per heavy atom. The second kappa shape index (κ2) is 26.5. The molecule has 4 heterocycles. The van der Waals surface area contributed by atoms with Crippen LogP contribution in [0.15, 0.2) is 119 Å².